The number of rotatable bonds is 8. The smallest absolute Gasteiger partial charge is 0.310 e. The van der Waals surface area contributed by atoms with Gasteiger partial charge in [0.25, 0.3) is 5.91 Å². The van der Waals surface area contributed by atoms with Gasteiger partial charge in [-0.05, 0) is 43.0 Å². The number of esters is 1. The minimum atomic E-state index is -1.16. The highest BCUT2D eigenvalue weighted by Crippen LogP contribution is 2.42. The van der Waals surface area contributed by atoms with E-state index in [2.05, 4.69) is 0 Å². The first-order valence-corrected chi connectivity index (χ1v) is 11.1. The number of hydrogen-bond acceptors (Lipinski definition) is 6. The molecule has 0 aromatic heterocycles. The third-order valence-electron chi connectivity index (χ3n) is 6.07. The predicted octanol–water partition coefficient (Wildman–Crippen LogP) is 3.94. The maximum atomic E-state index is 13.1. The fourth-order valence-electron chi connectivity index (χ4n) is 4.29. The van der Waals surface area contributed by atoms with Crippen LogP contribution in [0.3, 0.4) is 0 Å². The van der Waals surface area contributed by atoms with Crippen LogP contribution in [0.1, 0.15) is 36.8 Å². The molecule has 7 nitrogen and oxygen atoms in total. The van der Waals surface area contributed by atoms with E-state index < -0.39 is 24.0 Å². The van der Waals surface area contributed by atoms with E-state index >= 15 is 0 Å². The van der Waals surface area contributed by atoms with Crippen LogP contribution in [0.2, 0.25) is 5.02 Å². The molecule has 0 heterocycles. The summed E-state index contributed by atoms with van der Waals surface area (Å²) in [5.41, 5.74) is 0.0981. The number of carbonyl (C=O) groups is 3. The Morgan fingerprint density at radius 2 is 1.79 bits per heavy atom. The SMILES string of the molecule is COc1ccc(CC(=O)OCC(=O)N(C)C2(c3ccccc3Cl)CCCCC2=O)cc1OC. The number of hydrogen-bond donors (Lipinski definition) is 0. The lowest BCUT2D eigenvalue weighted by atomic mass is 9.74. The molecule has 0 spiro atoms. The second-order valence-corrected chi connectivity index (χ2v) is 8.36. The molecule has 0 N–H and O–H groups in total. The quantitative estimate of drug-likeness (QED) is 0.540. The van der Waals surface area contributed by atoms with Crippen molar-refractivity contribution in [3.63, 3.8) is 0 Å². The van der Waals surface area contributed by atoms with Crippen molar-refractivity contribution in [2.45, 2.75) is 37.6 Å². The highest BCUT2D eigenvalue weighted by atomic mass is 35.5. The van der Waals surface area contributed by atoms with Gasteiger partial charge in [0.2, 0.25) is 0 Å². The number of benzene rings is 2. The summed E-state index contributed by atoms with van der Waals surface area (Å²) < 4.78 is 15.7. The van der Waals surface area contributed by atoms with Crippen LogP contribution < -0.4 is 9.47 Å². The molecule has 33 heavy (non-hydrogen) atoms. The highest BCUT2D eigenvalue weighted by Gasteiger charge is 2.48. The van der Waals surface area contributed by atoms with Crippen molar-refractivity contribution in [3.8, 4) is 11.5 Å². The molecule has 176 valence electrons. The number of ether oxygens (including phenoxy) is 3. The molecule has 2 aromatic rings. The van der Waals surface area contributed by atoms with Gasteiger partial charge < -0.3 is 19.1 Å². The molecule has 1 aliphatic rings. The summed E-state index contributed by atoms with van der Waals surface area (Å²) in [6.45, 7) is -0.470. The number of amides is 1. The minimum Gasteiger partial charge on any atom is -0.493 e. The maximum Gasteiger partial charge on any atom is 0.310 e. The summed E-state index contributed by atoms with van der Waals surface area (Å²) in [4.78, 5) is 39.9. The van der Waals surface area contributed by atoms with Crippen molar-refractivity contribution in [3.05, 3.63) is 58.6 Å². The van der Waals surface area contributed by atoms with Crippen LogP contribution in [0.5, 0.6) is 11.5 Å². The van der Waals surface area contributed by atoms with E-state index in [0.717, 1.165) is 12.8 Å². The lowest BCUT2D eigenvalue weighted by Crippen LogP contribution is -2.55. The zero-order valence-electron chi connectivity index (χ0n) is 19.1. The summed E-state index contributed by atoms with van der Waals surface area (Å²) in [5, 5.41) is 0.429. The Hall–Kier alpha value is -3.06. The Kier molecular flexibility index (Phi) is 7.97. The molecule has 8 heteroatoms. The minimum absolute atomic E-state index is 0.0358. The standard InChI is InChI=1S/C25H28ClNO6/c1-27(25(13-7-6-10-22(25)28)18-8-4-5-9-19(18)26)23(29)16-33-24(30)15-17-11-12-20(31-2)21(14-17)32-3/h4-5,8-9,11-12,14H,6-7,10,13,15-16H2,1-3H3. The number of methoxy groups -OCH3 is 2. The van der Waals surface area contributed by atoms with Crippen LogP contribution >= 0.6 is 11.6 Å². The average Bonchev–Trinajstić information content (AvgIpc) is 2.83. The van der Waals surface area contributed by atoms with Gasteiger partial charge in [-0.25, -0.2) is 0 Å². The van der Waals surface area contributed by atoms with Crippen molar-refractivity contribution in [1.29, 1.82) is 0 Å². The molecule has 1 atom stereocenters. The van der Waals surface area contributed by atoms with E-state index in [-0.39, 0.29) is 12.2 Å². The Labute approximate surface area is 198 Å². The zero-order chi connectivity index (χ0) is 24.0. The van der Waals surface area contributed by atoms with Crippen LogP contribution in [0, 0.1) is 0 Å². The molecule has 0 radical (unpaired) electrons. The van der Waals surface area contributed by atoms with E-state index in [4.69, 9.17) is 25.8 Å². The lowest BCUT2D eigenvalue weighted by molar-refractivity contribution is -0.157. The van der Waals surface area contributed by atoms with E-state index in [1.807, 2.05) is 0 Å². The van der Waals surface area contributed by atoms with E-state index in [1.54, 1.807) is 49.5 Å². The number of halogens is 1. The van der Waals surface area contributed by atoms with Crippen LogP contribution in [-0.4, -0.2) is 50.4 Å². The first-order chi connectivity index (χ1) is 15.8. The van der Waals surface area contributed by atoms with E-state index in [0.29, 0.717) is 40.5 Å². The van der Waals surface area contributed by atoms with Crippen LogP contribution in [0.15, 0.2) is 42.5 Å². The predicted molar refractivity (Wildman–Crippen MR) is 124 cm³/mol. The second kappa shape index (κ2) is 10.7. The van der Waals surface area contributed by atoms with Crippen molar-refractivity contribution < 1.29 is 28.6 Å². The van der Waals surface area contributed by atoms with Gasteiger partial charge in [-0.1, -0.05) is 35.9 Å². The number of carbonyl (C=O) groups excluding carboxylic acids is 3. The van der Waals surface area contributed by atoms with Crippen molar-refractivity contribution in [2.75, 3.05) is 27.9 Å². The number of ketones is 1. The summed E-state index contributed by atoms with van der Waals surface area (Å²) in [7, 11) is 4.60. The molecule has 0 bridgehead atoms. The van der Waals surface area contributed by atoms with Gasteiger partial charge in [0.05, 0.1) is 20.6 Å². The zero-order valence-corrected chi connectivity index (χ0v) is 19.8. The fraction of sp³-hybridized carbons (Fsp3) is 0.400. The molecule has 1 fully saturated rings. The molecular weight excluding hydrogens is 446 g/mol. The molecule has 1 unspecified atom stereocenters. The monoisotopic (exact) mass is 473 g/mol. The van der Waals surface area contributed by atoms with Crippen LogP contribution in [0.4, 0.5) is 0 Å². The molecule has 0 aliphatic heterocycles. The maximum absolute atomic E-state index is 13.1. The number of likely N-dealkylation sites (N-methyl/N-ethyl adjacent to an activating group) is 1. The van der Waals surface area contributed by atoms with Gasteiger partial charge >= 0.3 is 5.97 Å². The second-order valence-electron chi connectivity index (χ2n) is 7.95. The molecule has 3 rings (SSSR count). The molecule has 1 saturated carbocycles. The van der Waals surface area contributed by atoms with Gasteiger partial charge in [0.1, 0.15) is 5.54 Å². The molecule has 2 aromatic carbocycles. The van der Waals surface area contributed by atoms with Gasteiger partial charge in [-0.15, -0.1) is 0 Å². The van der Waals surface area contributed by atoms with Crippen LogP contribution in [0.25, 0.3) is 0 Å². The normalized spacial score (nSPS) is 17.9. The molecule has 0 saturated heterocycles. The molecule has 1 amide bonds. The summed E-state index contributed by atoms with van der Waals surface area (Å²) >= 11 is 6.43. The molecular formula is C25H28ClNO6. The largest absolute Gasteiger partial charge is 0.493 e. The van der Waals surface area contributed by atoms with Crippen molar-refractivity contribution >= 4 is 29.3 Å². The summed E-state index contributed by atoms with van der Waals surface area (Å²) in [5.74, 6) is -0.0459. The van der Waals surface area contributed by atoms with Gasteiger partial charge in [-0.3, -0.25) is 14.4 Å². The van der Waals surface area contributed by atoms with Crippen LogP contribution in [-0.2, 0) is 31.1 Å². The van der Waals surface area contributed by atoms with Gasteiger partial charge in [-0.2, -0.15) is 0 Å². The first kappa shape index (κ1) is 24.6. The fourth-order valence-corrected chi connectivity index (χ4v) is 4.58. The van der Waals surface area contributed by atoms with E-state index in [1.165, 1.54) is 19.1 Å². The third kappa shape index (κ3) is 5.14. The van der Waals surface area contributed by atoms with Gasteiger partial charge in [0.15, 0.2) is 23.9 Å². The Morgan fingerprint density at radius 3 is 2.45 bits per heavy atom. The molecule has 1 aliphatic carbocycles. The summed E-state index contributed by atoms with van der Waals surface area (Å²) in [6.07, 6.45) is 2.35. The Morgan fingerprint density at radius 1 is 1.06 bits per heavy atom. The topological polar surface area (TPSA) is 82.1 Å². The Bertz CT molecular complexity index is 1040. The summed E-state index contributed by atoms with van der Waals surface area (Å²) in [6, 6.07) is 12.2. The third-order valence-corrected chi connectivity index (χ3v) is 6.40. The van der Waals surface area contributed by atoms with Gasteiger partial charge in [0, 0.05) is 24.1 Å². The lowest BCUT2D eigenvalue weighted by Gasteiger charge is -2.43. The number of Topliss-reactive ketones (excluding diaryl/α,β-unsaturated/α-hetero) is 1. The van der Waals surface area contributed by atoms with Crippen molar-refractivity contribution in [1.82, 2.24) is 4.90 Å². The highest BCUT2D eigenvalue weighted by molar-refractivity contribution is 6.31. The first-order valence-electron chi connectivity index (χ1n) is 10.7. The number of nitrogens with zero attached hydrogens (tertiary/aromatic N) is 1. The van der Waals surface area contributed by atoms with E-state index in [9.17, 15) is 14.4 Å². The Balaban J connectivity index is 1.71. The van der Waals surface area contributed by atoms with Crippen molar-refractivity contribution in [2.24, 2.45) is 0 Å². The average molecular weight is 474 g/mol.